The third kappa shape index (κ3) is 5.03. The first-order chi connectivity index (χ1) is 13.4. The Balaban J connectivity index is 1.55. The van der Waals surface area contributed by atoms with Crippen LogP contribution in [0.4, 0.5) is 0 Å². The lowest BCUT2D eigenvalue weighted by atomic mass is 9.88. The van der Waals surface area contributed by atoms with Crippen molar-refractivity contribution >= 4 is 11.8 Å². The van der Waals surface area contributed by atoms with Gasteiger partial charge in [0.25, 0.3) is 0 Å². The summed E-state index contributed by atoms with van der Waals surface area (Å²) in [5.74, 6) is 0.00191. The molecular weight excluding hydrogens is 356 g/mol. The Kier molecular flexibility index (Phi) is 6.19. The molecule has 0 aliphatic carbocycles. The molecule has 3 rings (SSSR count). The van der Waals surface area contributed by atoms with Gasteiger partial charge in [0, 0.05) is 26.6 Å². The lowest BCUT2D eigenvalue weighted by Gasteiger charge is -2.32. The van der Waals surface area contributed by atoms with Gasteiger partial charge in [0.05, 0.1) is 6.42 Å². The van der Waals surface area contributed by atoms with E-state index in [1.165, 1.54) is 24.6 Å². The number of carbonyl (C=O) groups excluding carboxylic acids is 2. The van der Waals surface area contributed by atoms with Gasteiger partial charge in [0.2, 0.25) is 11.8 Å². The molecule has 1 aliphatic rings. The highest BCUT2D eigenvalue weighted by atomic mass is 16.3. The summed E-state index contributed by atoms with van der Waals surface area (Å²) in [5, 5.41) is 21.8. The van der Waals surface area contributed by atoms with Crippen molar-refractivity contribution in [3.05, 3.63) is 59.2 Å². The van der Waals surface area contributed by atoms with E-state index in [4.69, 9.17) is 0 Å². The van der Waals surface area contributed by atoms with Crippen LogP contribution in [0.2, 0.25) is 0 Å². The number of hydrogen-bond acceptors (Lipinski definition) is 4. The minimum atomic E-state index is -0.205. The second-order valence-corrected chi connectivity index (χ2v) is 7.31. The molecule has 1 fully saturated rings. The molecule has 0 aromatic heterocycles. The van der Waals surface area contributed by atoms with E-state index in [1.54, 1.807) is 6.07 Å². The average Bonchev–Trinajstić information content (AvgIpc) is 2.69. The van der Waals surface area contributed by atoms with Crippen LogP contribution in [-0.4, -0.2) is 40.0 Å². The molecule has 2 amide bonds. The molecule has 1 saturated heterocycles. The summed E-state index contributed by atoms with van der Waals surface area (Å²) in [5.41, 5.74) is 3.02. The number of nitrogens with one attached hydrogen (secondary N) is 1. The van der Waals surface area contributed by atoms with Gasteiger partial charge in [-0.15, -0.1) is 0 Å². The number of piperidine rings is 1. The number of aromatic hydroxyl groups is 2. The van der Waals surface area contributed by atoms with Crippen LogP contribution in [0.25, 0.3) is 0 Å². The summed E-state index contributed by atoms with van der Waals surface area (Å²) in [6.45, 7) is 3.43. The summed E-state index contributed by atoms with van der Waals surface area (Å²) >= 11 is 0. The van der Waals surface area contributed by atoms with E-state index >= 15 is 0 Å². The number of phenolic OH excluding ortho intramolecular Hbond substituents is 2. The molecule has 0 saturated carbocycles. The molecule has 2 aromatic carbocycles. The van der Waals surface area contributed by atoms with Gasteiger partial charge in [-0.1, -0.05) is 30.3 Å². The van der Waals surface area contributed by atoms with Crippen LogP contribution in [-0.2, 0) is 22.6 Å². The highest BCUT2D eigenvalue weighted by Crippen LogP contribution is 2.29. The zero-order valence-electron chi connectivity index (χ0n) is 16.0. The number of hydrogen-bond donors (Lipinski definition) is 3. The fraction of sp³-hybridized carbons (Fsp3) is 0.364. The second-order valence-electron chi connectivity index (χ2n) is 7.31. The first-order valence-electron chi connectivity index (χ1n) is 9.54. The quantitative estimate of drug-likeness (QED) is 0.694. The molecule has 0 radical (unpaired) electrons. The van der Waals surface area contributed by atoms with E-state index in [-0.39, 0.29) is 29.7 Å². The number of rotatable bonds is 5. The Labute approximate surface area is 164 Å². The number of amides is 2. The summed E-state index contributed by atoms with van der Waals surface area (Å²) in [4.78, 5) is 25.5. The molecule has 1 aliphatic heterocycles. The molecular formula is C22H26N2O4. The van der Waals surface area contributed by atoms with Crippen LogP contribution in [0.15, 0.2) is 42.5 Å². The van der Waals surface area contributed by atoms with Crippen LogP contribution in [0.5, 0.6) is 11.5 Å². The molecule has 2 aromatic rings. The van der Waals surface area contributed by atoms with E-state index in [0.29, 0.717) is 31.1 Å². The smallest absolute Gasteiger partial charge is 0.226 e. The van der Waals surface area contributed by atoms with Crippen LogP contribution in [0.1, 0.15) is 42.4 Å². The molecule has 6 heteroatoms. The Bertz CT molecular complexity index is 857. The van der Waals surface area contributed by atoms with Crippen LogP contribution in [0, 0.1) is 0 Å². The first kappa shape index (κ1) is 19.7. The summed E-state index contributed by atoms with van der Waals surface area (Å²) in [7, 11) is 0. The summed E-state index contributed by atoms with van der Waals surface area (Å²) in [6.07, 6.45) is 2.01. The van der Waals surface area contributed by atoms with Gasteiger partial charge in [-0.05, 0) is 47.6 Å². The van der Waals surface area contributed by atoms with Crippen molar-refractivity contribution in [2.24, 2.45) is 0 Å². The lowest BCUT2D eigenvalue weighted by Crippen LogP contribution is -2.38. The molecule has 6 nitrogen and oxygen atoms in total. The van der Waals surface area contributed by atoms with Crippen molar-refractivity contribution < 1.29 is 19.8 Å². The molecule has 0 atom stereocenters. The highest BCUT2D eigenvalue weighted by Gasteiger charge is 2.24. The summed E-state index contributed by atoms with van der Waals surface area (Å²) in [6, 6.07) is 12.8. The van der Waals surface area contributed by atoms with Gasteiger partial charge in [-0.3, -0.25) is 9.59 Å². The maximum atomic E-state index is 12.6. The predicted octanol–water partition coefficient (Wildman–Crippen LogP) is 2.68. The van der Waals surface area contributed by atoms with Crippen LogP contribution < -0.4 is 5.32 Å². The van der Waals surface area contributed by atoms with E-state index < -0.39 is 0 Å². The monoisotopic (exact) mass is 382 g/mol. The Morgan fingerprint density at radius 3 is 2.46 bits per heavy atom. The fourth-order valence-corrected chi connectivity index (χ4v) is 3.61. The Morgan fingerprint density at radius 1 is 1.04 bits per heavy atom. The third-order valence-corrected chi connectivity index (χ3v) is 5.21. The van der Waals surface area contributed by atoms with E-state index in [1.807, 2.05) is 17.0 Å². The predicted molar refractivity (Wildman–Crippen MR) is 106 cm³/mol. The first-order valence-corrected chi connectivity index (χ1v) is 9.54. The van der Waals surface area contributed by atoms with E-state index in [9.17, 15) is 19.8 Å². The van der Waals surface area contributed by atoms with Gasteiger partial charge in [0.15, 0.2) is 11.5 Å². The van der Waals surface area contributed by atoms with Crippen LogP contribution >= 0.6 is 0 Å². The van der Waals surface area contributed by atoms with Crippen molar-refractivity contribution in [3.63, 3.8) is 0 Å². The fourth-order valence-electron chi connectivity index (χ4n) is 3.61. The number of phenols is 2. The number of carbonyl (C=O) groups is 2. The second kappa shape index (κ2) is 8.78. The summed E-state index contributed by atoms with van der Waals surface area (Å²) < 4.78 is 0. The lowest BCUT2D eigenvalue weighted by molar-refractivity contribution is -0.131. The van der Waals surface area contributed by atoms with E-state index in [2.05, 4.69) is 17.4 Å². The number of benzene rings is 2. The van der Waals surface area contributed by atoms with Gasteiger partial charge in [-0.2, -0.15) is 0 Å². The SMILES string of the molecule is CC(=O)NCc1cccc(C2CCN(C(=O)Cc3ccc(O)c(O)c3)CC2)c1. The van der Waals surface area contributed by atoms with Gasteiger partial charge in [-0.25, -0.2) is 0 Å². The molecule has 0 spiro atoms. The van der Waals surface area contributed by atoms with Crippen molar-refractivity contribution in [1.29, 1.82) is 0 Å². The zero-order valence-corrected chi connectivity index (χ0v) is 16.0. The molecule has 0 unspecified atom stereocenters. The largest absolute Gasteiger partial charge is 0.504 e. The van der Waals surface area contributed by atoms with Crippen molar-refractivity contribution in [1.82, 2.24) is 10.2 Å². The standard InChI is InChI=1S/C22H26N2O4/c1-15(25)23-14-17-3-2-4-19(11-17)18-7-9-24(10-8-18)22(28)13-16-5-6-20(26)21(27)12-16/h2-6,11-12,18,26-27H,7-10,13-14H2,1H3,(H,23,25). The normalized spacial score (nSPS) is 14.7. The van der Waals surface area contributed by atoms with Crippen molar-refractivity contribution in [2.75, 3.05) is 13.1 Å². The molecule has 1 heterocycles. The Morgan fingerprint density at radius 2 is 1.79 bits per heavy atom. The van der Waals surface area contributed by atoms with Crippen molar-refractivity contribution in [2.45, 2.75) is 38.6 Å². The third-order valence-electron chi connectivity index (χ3n) is 5.21. The van der Waals surface area contributed by atoms with Gasteiger partial charge >= 0.3 is 0 Å². The number of nitrogens with zero attached hydrogens (tertiary/aromatic N) is 1. The molecule has 148 valence electrons. The molecule has 0 bridgehead atoms. The molecule has 3 N–H and O–H groups in total. The minimum Gasteiger partial charge on any atom is -0.504 e. The zero-order chi connectivity index (χ0) is 20.1. The van der Waals surface area contributed by atoms with Crippen LogP contribution in [0.3, 0.4) is 0 Å². The topological polar surface area (TPSA) is 89.9 Å². The number of likely N-dealkylation sites (tertiary alicyclic amines) is 1. The minimum absolute atomic E-state index is 0.0305. The molecule has 28 heavy (non-hydrogen) atoms. The van der Waals surface area contributed by atoms with E-state index in [0.717, 1.165) is 18.4 Å². The maximum absolute atomic E-state index is 12.6. The van der Waals surface area contributed by atoms with Crippen molar-refractivity contribution in [3.8, 4) is 11.5 Å². The van der Waals surface area contributed by atoms with Gasteiger partial charge < -0.3 is 20.4 Å². The highest BCUT2D eigenvalue weighted by molar-refractivity contribution is 5.79. The van der Waals surface area contributed by atoms with Gasteiger partial charge in [0.1, 0.15) is 0 Å². The maximum Gasteiger partial charge on any atom is 0.226 e. The average molecular weight is 382 g/mol. The Hall–Kier alpha value is -3.02.